The van der Waals surface area contributed by atoms with Crippen LogP contribution >= 0.6 is 11.3 Å². The van der Waals surface area contributed by atoms with Gasteiger partial charge in [-0.3, -0.25) is 0 Å². The molecule has 1 rings (SSSR count). The lowest BCUT2D eigenvalue weighted by molar-refractivity contribution is 0.486. The van der Waals surface area contributed by atoms with E-state index in [4.69, 9.17) is 0 Å². The number of hydrogen-bond donors (Lipinski definition) is 1. The normalized spacial score (nSPS) is 15.4. The monoisotopic (exact) mass is 212 g/mol. The van der Waals surface area contributed by atoms with E-state index in [9.17, 15) is 0 Å². The van der Waals surface area contributed by atoms with E-state index in [-0.39, 0.29) is 0 Å². The zero-order valence-electron chi connectivity index (χ0n) is 9.29. The van der Waals surface area contributed by atoms with Gasteiger partial charge in [-0.05, 0) is 12.5 Å². The maximum absolute atomic E-state index is 4.31. The van der Waals surface area contributed by atoms with Crippen LogP contribution in [0.3, 0.4) is 0 Å². The number of aromatic nitrogens is 1. The smallest absolute Gasteiger partial charge is 0.0965 e. The zero-order valence-corrected chi connectivity index (χ0v) is 10.1. The van der Waals surface area contributed by atoms with Gasteiger partial charge >= 0.3 is 0 Å². The van der Waals surface area contributed by atoms with Crippen molar-refractivity contribution < 1.29 is 0 Å². The Hall–Kier alpha value is -0.410. The zero-order chi connectivity index (χ0) is 10.4. The third kappa shape index (κ3) is 3.76. The first-order chi connectivity index (χ1) is 6.74. The molecule has 14 heavy (non-hydrogen) atoms. The topological polar surface area (TPSA) is 24.9 Å². The maximum Gasteiger partial charge on any atom is 0.0965 e. The lowest BCUT2D eigenvalue weighted by atomic mass is 10.1. The van der Waals surface area contributed by atoms with Crippen LogP contribution in [0.4, 0.5) is 0 Å². The van der Waals surface area contributed by atoms with Gasteiger partial charge in [0, 0.05) is 24.0 Å². The molecule has 0 bridgehead atoms. The lowest BCUT2D eigenvalue weighted by Crippen LogP contribution is -2.25. The van der Waals surface area contributed by atoms with E-state index >= 15 is 0 Å². The Morgan fingerprint density at radius 2 is 2.21 bits per heavy atom. The van der Waals surface area contributed by atoms with Crippen molar-refractivity contribution in [1.82, 2.24) is 10.3 Å². The molecular formula is C11H20N2S. The van der Waals surface area contributed by atoms with Crippen molar-refractivity contribution in [2.75, 3.05) is 13.1 Å². The summed E-state index contributed by atoms with van der Waals surface area (Å²) >= 11 is 1.74. The largest absolute Gasteiger partial charge is 0.316 e. The lowest BCUT2D eigenvalue weighted by Gasteiger charge is -2.13. The summed E-state index contributed by atoms with van der Waals surface area (Å²) in [6, 6.07) is 0. The summed E-state index contributed by atoms with van der Waals surface area (Å²) in [7, 11) is 0. The molecular weight excluding hydrogens is 192 g/mol. The average molecular weight is 212 g/mol. The fourth-order valence-corrected chi connectivity index (χ4v) is 1.95. The van der Waals surface area contributed by atoms with E-state index in [1.807, 2.05) is 11.6 Å². The van der Waals surface area contributed by atoms with Crippen molar-refractivity contribution >= 4 is 11.3 Å². The van der Waals surface area contributed by atoms with Crippen molar-refractivity contribution in [2.24, 2.45) is 5.92 Å². The molecule has 1 aromatic rings. The van der Waals surface area contributed by atoms with Crippen LogP contribution in [-0.2, 0) is 0 Å². The summed E-state index contributed by atoms with van der Waals surface area (Å²) in [6.07, 6.45) is 3.13. The van der Waals surface area contributed by atoms with Crippen LogP contribution in [0.5, 0.6) is 0 Å². The standard InChI is InChI=1S/C11H20N2S/c1-4-9(2)7-12-8-10(3)11-13-5-6-14-11/h5-6,9-10,12H,4,7-8H2,1-3H3. The van der Waals surface area contributed by atoms with Crippen molar-refractivity contribution in [3.05, 3.63) is 16.6 Å². The highest BCUT2D eigenvalue weighted by molar-refractivity contribution is 7.09. The highest BCUT2D eigenvalue weighted by atomic mass is 32.1. The van der Waals surface area contributed by atoms with Crippen molar-refractivity contribution in [3.63, 3.8) is 0 Å². The van der Waals surface area contributed by atoms with Crippen LogP contribution in [0, 0.1) is 5.92 Å². The number of rotatable bonds is 6. The molecule has 0 saturated carbocycles. The Morgan fingerprint density at radius 3 is 2.79 bits per heavy atom. The van der Waals surface area contributed by atoms with Gasteiger partial charge in [0.15, 0.2) is 0 Å². The molecule has 0 aliphatic heterocycles. The van der Waals surface area contributed by atoms with Crippen LogP contribution < -0.4 is 5.32 Å². The molecule has 2 nitrogen and oxygen atoms in total. The quantitative estimate of drug-likeness (QED) is 0.784. The van der Waals surface area contributed by atoms with Gasteiger partial charge in [-0.2, -0.15) is 0 Å². The third-order valence-corrected chi connectivity index (χ3v) is 3.52. The second-order valence-electron chi connectivity index (χ2n) is 3.94. The number of nitrogens with one attached hydrogen (secondary N) is 1. The predicted octanol–water partition coefficient (Wildman–Crippen LogP) is 2.88. The molecule has 1 heterocycles. The fourth-order valence-electron chi connectivity index (χ4n) is 1.26. The molecule has 1 aromatic heterocycles. The average Bonchev–Trinajstić information content (AvgIpc) is 2.70. The highest BCUT2D eigenvalue weighted by Crippen LogP contribution is 2.16. The molecule has 0 fully saturated rings. The Morgan fingerprint density at radius 1 is 1.43 bits per heavy atom. The maximum atomic E-state index is 4.31. The molecule has 0 aliphatic rings. The second-order valence-corrected chi connectivity index (χ2v) is 4.87. The molecule has 1 N–H and O–H groups in total. The van der Waals surface area contributed by atoms with Gasteiger partial charge in [0.05, 0.1) is 5.01 Å². The van der Waals surface area contributed by atoms with E-state index < -0.39 is 0 Å². The van der Waals surface area contributed by atoms with Gasteiger partial charge in [-0.15, -0.1) is 11.3 Å². The van der Waals surface area contributed by atoms with Crippen molar-refractivity contribution in [2.45, 2.75) is 33.1 Å². The number of nitrogens with zero attached hydrogens (tertiary/aromatic N) is 1. The summed E-state index contributed by atoms with van der Waals surface area (Å²) < 4.78 is 0. The minimum atomic E-state index is 0.541. The molecule has 0 spiro atoms. The van der Waals surface area contributed by atoms with Crippen LogP contribution in [-0.4, -0.2) is 18.1 Å². The number of hydrogen-bond acceptors (Lipinski definition) is 3. The van der Waals surface area contributed by atoms with E-state index in [1.54, 1.807) is 11.3 Å². The molecule has 0 saturated heterocycles. The predicted molar refractivity (Wildman–Crippen MR) is 62.9 cm³/mol. The molecule has 2 unspecified atom stereocenters. The van der Waals surface area contributed by atoms with E-state index in [1.165, 1.54) is 11.4 Å². The Balaban J connectivity index is 2.19. The van der Waals surface area contributed by atoms with Crippen LogP contribution in [0.1, 0.15) is 38.1 Å². The first-order valence-electron chi connectivity index (χ1n) is 5.34. The Kier molecular flexibility index (Phi) is 5.12. The minimum Gasteiger partial charge on any atom is -0.316 e. The second kappa shape index (κ2) is 6.14. The summed E-state index contributed by atoms with van der Waals surface area (Å²) in [5.74, 6) is 1.32. The molecule has 0 radical (unpaired) electrons. The van der Waals surface area contributed by atoms with E-state index in [0.29, 0.717) is 5.92 Å². The molecule has 0 aliphatic carbocycles. The molecule has 0 aromatic carbocycles. The summed E-state index contributed by atoms with van der Waals surface area (Å²) in [6.45, 7) is 8.89. The molecule has 80 valence electrons. The Labute approximate surface area is 90.8 Å². The number of thiazole rings is 1. The van der Waals surface area contributed by atoms with Gasteiger partial charge < -0.3 is 5.32 Å². The summed E-state index contributed by atoms with van der Waals surface area (Å²) in [4.78, 5) is 4.31. The van der Waals surface area contributed by atoms with Crippen molar-refractivity contribution in [1.29, 1.82) is 0 Å². The van der Waals surface area contributed by atoms with Crippen LogP contribution in [0.2, 0.25) is 0 Å². The van der Waals surface area contributed by atoms with E-state index in [0.717, 1.165) is 19.0 Å². The summed E-state index contributed by atoms with van der Waals surface area (Å²) in [5, 5.41) is 6.77. The first kappa shape index (κ1) is 11.7. The van der Waals surface area contributed by atoms with Crippen LogP contribution in [0.15, 0.2) is 11.6 Å². The molecule has 2 atom stereocenters. The van der Waals surface area contributed by atoms with Gasteiger partial charge in [-0.25, -0.2) is 4.98 Å². The first-order valence-corrected chi connectivity index (χ1v) is 6.22. The van der Waals surface area contributed by atoms with Gasteiger partial charge in [0.1, 0.15) is 0 Å². The van der Waals surface area contributed by atoms with Gasteiger partial charge in [-0.1, -0.05) is 27.2 Å². The van der Waals surface area contributed by atoms with Crippen molar-refractivity contribution in [3.8, 4) is 0 Å². The van der Waals surface area contributed by atoms with Gasteiger partial charge in [0.2, 0.25) is 0 Å². The summed E-state index contributed by atoms with van der Waals surface area (Å²) in [5.41, 5.74) is 0. The SMILES string of the molecule is CCC(C)CNCC(C)c1nccs1. The van der Waals surface area contributed by atoms with Gasteiger partial charge in [0.25, 0.3) is 0 Å². The fraction of sp³-hybridized carbons (Fsp3) is 0.727. The molecule has 3 heteroatoms. The third-order valence-electron chi connectivity index (χ3n) is 2.51. The minimum absolute atomic E-state index is 0.541. The highest BCUT2D eigenvalue weighted by Gasteiger charge is 2.07. The van der Waals surface area contributed by atoms with Crippen LogP contribution in [0.25, 0.3) is 0 Å². The Bertz CT molecular complexity index is 233. The van der Waals surface area contributed by atoms with E-state index in [2.05, 4.69) is 31.1 Å². The molecule has 0 amide bonds.